The van der Waals surface area contributed by atoms with Gasteiger partial charge in [0.2, 0.25) is 5.91 Å². The van der Waals surface area contributed by atoms with Crippen molar-refractivity contribution in [1.29, 1.82) is 0 Å². The fraction of sp³-hybridized carbons (Fsp3) is 0.222. The van der Waals surface area contributed by atoms with E-state index < -0.39 is 17.5 Å². The lowest BCUT2D eigenvalue weighted by Gasteiger charge is -2.14. The fourth-order valence-electron chi connectivity index (χ4n) is 2.31. The Balaban J connectivity index is 1.74. The zero-order chi connectivity index (χ0) is 19.1. The van der Waals surface area contributed by atoms with E-state index in [2.05, 4.69) is 10.6 Å². The maximum absolute atomic E-state index is 13.1. The average molecular weight is 383 g/mol. The monoisotopic (exact) mass is 382 g/mol. The first-order valence-corrected chi connectivity index (χ1v) is 8.28. The van der Waals surface area contributed by atoms with E-state index >= 15 is 0 Å². The number of quaternary nitrogens is 1. The fourth-order valence-corrected chi connectivity index (χ4v) is 2.43. The van der Waals surface area contributed by atoms with Crippen LogP contribution in [0.5, 0.6) is 0 Å². The average Bonchev–Trinajstić information content (AvgIpc) is 2.58. The van der Waals surface area contributed by atoms with Gasteiger partial charge in [-0.1, -0.05) is 23.7 Å². The topological polar surface area (TPSA) is 62.6 Å². The van der Waals surface area contributed by atoms with Crippen molar-refractivity contribution in [3.05, 3.63) is 64.7 Å². The number of hydrogen-bond acceptors (Lipinski definition) is 2. The van der Waals surface area contributed by atoms with Gasteiger partial charge < -0.3 is 15.5 Å². The van der Waals surface area contributed by atoms with E-state index in [0.29, 0.717) is 11.6 Å². The molecular weight excluding hydrogens is 364 g/mol. The molecule has 0 saturated carbocycles. The second kappa shape index (κ2) is 9.26. The van der Waals surface area contributed by atoms with Crippen molar-refractivity contribution in [3.63, 3.8) is 0 Å². The molecule has 0 bridgehead atoms. The minimum Gasteiger partial charge on any atom is -0.342 e. The van der Waals surface area contributed by atoms with Crippen LogP contribution in [0.25, 0.3) is 0 Å². The number of amides is 2. The first-order valence-electron chi connectivity index (χ1n) is 7.91. The molecule has 5 nitrogen and oxygen atoms in total. The first-order chi connectivity index (χ1) is 12.3. The summed E-state index contributed by atoms with van der Waals surface area (Å²) in [5.74, 6) is -2.88. The van der Waals surface area contributed by atoms with Crippen LogP contribution in [0.4, 0.5) is 14.5 Å². The third-order valence-electron chi connectivity index (χ3n) is 3.53. The van der Waals surface area contributed by atoms with Gasteiger partial charge in [0.05, 0.1) is 13.6 Å². The van der Waals surface area contributed by atoms with Gasteiger partial charge in [0, 0.05) is 22.3 Å². The number of halogens is 3. The number of nitrogens with one attached hydrogen (secondary N) is 3. The Bertz CT molecular complexity index is 785. The molecule has 3 N–H and O–H groups in total. The molecule has 2 aromatic rings. The molecule has 2 amide bonds. The second-order valence-electron chi connectivity index (χ2n) is 5.89. The predicted octanol–water partition coefficient (Wildman–Crippen LogP) is 1.39. The molecule has 26 heavy (non-hydrogen) atoms. The van der Waals surface area contributed by atoms with Crippen molar-refractivity contribution in [3.8, 4) is 0 Å². The minimum atomic E-state index is -1.06. The van der Waals surface area contributed by atoms with Crippen molar-refractivity contribution in [2.75, 3.05) is 25.5 Å². The van der Waals surface area contributed by atoms with E-state index in [9.17, 15) is 18.4 Å². The molecule has 0 aliphatic rings. The number of rotatable bonds is 7. The number of benzene rings is 2. The molecule has 2 aromatic carbocycles. The highest BCUT2D eigenvalue weighted by Crippen LogP contribution is 2.12. The minimum absolute atomic E-state index is 0.119. The third kappa shape index (κ3) is 6.42. The smallest absolute Gasteiger partial charge is 0.275 e. The van der Waals surface area contributed by atoms with Crippen molar-refractivity contribution >= 4 is 29.1 Å². The van der Waals surface area contributed by atoms with Gasteiger partial charge in [-0.15, -0.1) is 0 Å². The zero-order valence-electron chi connectivity index (χ0n) is 14.1. The molecule has 2 rings (SSSR count). The van der Waals surface area contributed by atoms with Crippen molar-refractivity contribution in [1.82, 2.24) is 5.32 Å². The van der Waals surface area contributed by atoms with Gasteiger partial charge in [-0.05, 0) is 24.3 Å². The van der Waals surface area contributed by atoms with E-state index in [0.717, 1.165) is 22.6 Å². The van der Waals surface area contributed by atoms with E-state index in [4.69, 9.17) is 11.6 Å². The summed E-state index contributed by atoms with van der Waals surface area (Å²) in [5, 5.41) is 5.53. The van der Waals surface area contributed by atoms with Gasteiger partial charge in [-0.3, -0.25) is 9.59 Å². The van der Waals surface area contributed by atoms with Crippen LogP contribution < -0.4 is 15.5 Å². The van der Waals surface area contributed by atoms with E-state index in [1.54, 1.807) is 12.1 Å². The summed E-state index contributed by atoms with van der Waals surface area (Å²) in [4.78, 5) is 24.6. The second-order valence-corrected chi connectivity index (χ2v) is 6.33. The van der Waals surface area contributed by atoms with Gasteiger partial charge in [-0.2, -0.15) is 0 Å². The molecule has 0 saturated heterocycles. The summed E-state index contributed by atoms with van der Waals surface area (Å²) in [6.45, 7) is 0.554. The van der Waals surface area contributed by atoms with E-state index in [1.807, 2.05) is 19.2 Å². The highest BCUT2D eigenvalue weighted by Gasteiger charge is 2.12. The normalized spacial score (nSPS) is 11.7. The number of carbonyl (C=O) groups excluding carboxylic acids is 2. The predicted molar refractivity (Wildman–Crippen MR) is 94.9 cm³/mol. The molecule has 8 heteroatoms. The van der Waals surface area contributed by atoms with Crippen molar-refractivity contribution < 1.29 is 23.3 Å². The lowest BCUT2D eigenvalue weighted by atomic mass is 10.2. The van der Waals surface area contributed by atoms with E-state index in [-0.39, 0.29) is 24.7 Å². The van der Waals surface area contributed by atoms with Crippen molar-refractivity contribution in [2.24, 2.45) is 0 Å². The molecule has 0 aromatic heterocycles. The Morgan fingerprint density at radius 1 is 1.04 bits per heavy atom. The van der Waals surface area contributed by atoms with Crippen LogP contribution >= 0.6 is 11.6 Å². The Kier molecular flexibility index (Phi) is 7.06. The molecular formula is C18H19ClF2N3O2+. The molecule has 0 aliphatic heterocycles. The standard InChI is InChI=1S/C18H18ClF2N3O2/c1-24(10-12-2-4-13(19)5-3-12)11-18(26)22-9-17(25)23-14-6-7-15(20)16(21)8-14/h2-8H,9-11H2,1H3,(H,22,26)(H,23,25)/p+1. The number of anilines is 1. The SMILES string of the molecule is C[NH+](CC(=O)NCC(=O)Nc1ccc(F)c(F)c1)Cc1ccc(Cl)cc1. The highest BCUT2D eigenvalue weighted by molar-refractivity contribution is 6.30. The van der Waals surface area contributed by atoms with Gasteiger partial charge in [-0.25, -0.2) is 8.78 Å². The maximum Gasteiger partial charge on any atom is 0.275 e. The molecule has 0 spiro atoms. The summed E-state index contributed by atoms with van der Waals surface area (Å²) in [5.41, 5.74) is 1.16. The van der Waals surface area contributed by atoms with Crippen LogP contribution in [-0.4, -0.2) is 32.0 Å². The molecule has 1 unspecified atom stereocenters. The van der Waals surface area contributed by atoms with Crippen molar-refractivity contribution in [2.45, 2.75) is 6.54 Å². The molecule has 1 atom stereocenters. The largest absolute Gasteiger partial charge is 0.342 e. The Hall–Kier alpha value is -2.51. The lowest BCUT2D eigenvalue weighted by Crippen LogP contribution is -3.08. The number of hydrogen-bond donors (Lipinski definition) is 3. The first kappa shape index (κ1) is 19.8. The molecule has 0 radical (unpaired) electrons. The zero-order valence-corrected chi connectivity index (χ0v) is 14.9. The Labute approximate surface area is 154 Å². The summed E-state index contributed by atoms with van der Waals surface area (Å²) in [6.07, 6.45) is 0. The van der Waals surface area contributed by atoms with Crippen LogP contribution in [0.15, 0.2) is 42.5 Å². The summed E-state index contributed by atoms with van der Waals surface area (Å²) >= 11 is 5.83. The van der Waals surface area contributed by atoms with Crippen LogP contribution in [0, 0.1) is 11.6 Å². The Morgan fingerprint density at radius 2 is 1.73 bits per heavy atom. The number of likely N-dealkylation sites (N-methyl/N-ethyl adjacent to an activating group) is 1. The van der Waals surface area contributed by atoms with Crippen LogP contribution in [0.1, 0.15) is 5.56 Å². The number of carbonyl (C=O) groups is 2. The highest BCUT2D eigenvalue weighted by atomic mass is 35.5. The Morgan fingerprint density at radius 3 is 2.38 bits per heavy atom. The maximum atomic E-state index is 13.1. The third-order valence-corrected chi connectivity index (χ3v) is 3.78. The summed E-state index contributed by atoms with van der Waals surface area (Å²) < 4.78 is 25.9. The van der Waals surface area contributed by atoms with E-state index in [1.165, 1.54) is 6.07 Å². The van der Waals surface area contributed by atoms with Crippen LogP contribution in [-0.2, 0) is 16.1 Å². The van der Waals surface area contributed by atoms with Gasteiger partial charge in [0.1, 0.15) is 6.54 Å². The van der Waals surface area contributed by atoms with Gasteiger partial charge in [0.25, 0.3) is 5.91 Å². The molecule has 0 heterocycles. The quantitative estimate of drug-likeness (QED) is 0.677. The van der Waals surface area contributed by atoms with Crippen LogP contribution in [0.2, 0.25) is 5.02 Å². The lowest BCUT2D eigenvalue weighted by molar-refractivity contribution is -0.885. The van der Waals surface area contributed by atoms with Crippen LogP contribution in [0.3, 0.4) is 0 Å². The summed E-state index contributed by atoms with van der Waals surface area (Å²) in [6, 6.07) is 10.4. The van der Waals surface area contributed by atoms with Gasteiger partial charge >= 0.3 is 0 Å². The molecule has 0 aliphatic carbocycles. The molecule has 0 fully saturated rings. The summed E-state index contributed by atoms with van der Waals surface area (Å²) in [7, 11) is 1.86. The molecule has 138 valence electrons. The van der Waals surface area contributed by atoms with Gasteiger partial charge in [0.15, 0.2) is 18.2 Å².